The van der Waals surface area contributed by atoms with Crippen LogP contribution in [0.5, 0.6) is 0 Å². The van der Waals surface area contributed by atoms with Crippen LogP contribution in [0.1, 0.15) is 18.4 Å². The second kappa shape index (κ2) is 5.88. The van der Waals surface area contributed by atoms with Crippen molar-refractivity contribution in [2.75, 3.05) is 32.1 Å². The lowest BCUT2D eigenvalue weighted by molar-refractivity contribution is -0.384. The highest BCUT2D eigenvalue weighted by Gasteiger charge is 2.27. The van der Waals surface area contributed by atoms with Gasteiger partial charge in [0, 0.05) is 31.3 Å². The lowest BCUT2D eigenvalue weighted by Gasteiger charge is -2.29. The molecule has 20 heavy (non-hydrogen) atoms. The van der Waals surface area contributed by atoms with E-state index in [0.29, 0.717) is 11.6 Å². The molecule has 1 aliphatic rings. The maximum atomic E-state index is 10.8. The number of hydrogen-bond donors (Lipinski definition) is 0. The van der Waals surface area contributed by atoms with Gasteiger partial charge in [-0.05, 0) is 33.0 Å². The molecule has 0 aliphatic carbocycles. The van der Waals surface area contributed by atoms with Crippen LogP contribution in [0.15, 0.2) is 18.2 Å². The van der Waals surface area contributed by atoms with Gasteiger partial charge < -0.3 is 9.80 Å². The number of anilines is 1. The first-order valence-electron chi connectivity index (χ1n) is 6.63. The van der Waals surface area contributed by atoms with Crippen molar-refractivity contribution in [2.24, 2.45) is 0 Å². The number of benzene rings is 1. The molecule has 1 saturated heterocycles. The quantitative estimate of drug-likeness (QED) is 0.620. The summed E-state index contributed by atoms with van der Waals surface area (Å²) in [7, 11) is 4.05. The van der Waals surface area contributed by atoms with Gasteiger partial charge in [0.15, 0.2) is 0 Å². The fourth-order valence-corrected chi connectivity index (χ4v) is 2.74. The Hall–Kier alpha value is -2.13. The molecule has 0 amide bonds. The van der Waals surface area contributed by atoms with E-state index in [9.17, 15) is 15.4 Å². The number of rotatable bonds is 4. The lowest BCUT2D eigenvalue weighted by atomic mass is 10.1. The third-order valence-corrected chi connectivity index (χ3v) is 3.57. The zero-order valence-corrected chi connectivity index (χ0v) is 11.7. The molecule has 0 aromatic heterocycles. The van der Waals surface area contributed by atoms with Crippen molar-refractivity contribution >= 4 is 11.4 Å². The number of likely N-dealkylation sites (N-methyl/N-ethyl adjacent to an activating group) is 1. The zero-order valence-electron chi connectivity index (χ0n) is 11.7. The van der Waals surface area contributed by atoms with Crippen molar-refractivity contribution in [1.29, 1.82) is 5.26 Å². The summed E-state index contributed by atoms with van der Waals surface area (Å²) in [6, 6.07) is 6.98. The van der Waals surface area contributed by atoms with E-state index in [2.05, 4.69) is 15.9 Å². The van der Waals surface area contributed by atoms with Gasteiger partial charge in [-0.25, -0.2) is 0 Å². The van der Waals surface area contributed by atoms with Gasteiger partial charge in [0.25, 0.3) is 5.69 Å². The van der Waals surface area contributed by atoms with E-state index in [-0.39, 0.29) is 5.69 Å². The summed E-state index contributed by atoms with van der Waals surface area (Å²) in [5, 5.41) is 20.0. The smallest absolute Gasteiger partial charge is 0.270 e. The number of nitro groups is 1. The van der Waals surface area contributed by atoms with Crippen LogP contribution in [0.4, 0.5) is 11.4 Å². The minimum atomic E-state index is -0.466. The monoisotopic (exact) mass is 274 g/mol. The van der Waals surface area contributed by atoms with Gasteiger partial charge in [-0.1, -0.05) is 0 Å². The van der Waals surface area contributed by atoms with Crippen molar-refractivity contribution in [3.8, 4) is 6.07 Å². The number of nitriles is 1. The molecule has 1 aliphatic heterocycles. The Bertz CT molecular complexity index is 551. The maximum Gasteiger partial charge on any atom is 0.270 e. The first-order valence-corrected chi connectivity index (χ1v) is 6.63. The van der Waals surface area contributed by atoms with Gasteiger partial charge in [-0.2, -0.15) is 5.26 Å². The molecule has 1 atom stereocenters. The molecule has 1 fully saturated rings. The molecule has 1 heterocycles. The molecule has 1 aromatic carbocycles. The van der Waals surface area contributed by atoms with E-state index in [1.165, 1.54) is 12.1 Å². The summed E-state index contributed by atoms with van der Waals surface area (Å²) in [6.45, 7) is 1.81. The number of nitrogens with zero attached hydrogens (tertiary/aromatic N) is 4. The normalized spacial score (nSPS) is 18.3. The Morgan fingerprint density at radius 2 is 2.30 bits per heavy atom. The van der Waals surface area contributed by atoms with Gasteiger partial charge in [0.05, 0.1) is 16.2 Å². The predicted octanol–water partition coefficient (Wildman–Crippen LogP) is 2.00. The molecule has 0 bridgehead atoms. The fourth-order valence-electron chi connectivity index (χ4n) is 2.74. The third kappa shape index (κ3) is 2.89. The van der Waals surface area contributed by atoms with Crippen LogP contribution < -0.4 is 4.90 Å². The third-order valence-electron chi connectivity index (χ3n) is 3.57. The van der Waals surface area contributed by atoms with Crippen LogP contribution in [-0.4, -0.2) is 43.0 Å². The summed E-state index contributed by atoms with van der Waals surface area (Å²) >= 11 is 0. The fraction of sp³-hybridized carbons (Fsp3) is 0.500. The average Bonchev–Trinajstić information content (AvgIpc) is 2.84. The Balaban J connectivity index is 2.32. The molecule has 0 N–H and O–H groups in total. The van der Waals surface area contributed by atoms with Gasteiger partial charge in [0.1, 0.15) is 6.07 Å². The Kier molecular flexibility index (Phi) is 4.20. The average molecular weight is 274 g/mol. The summed E-state index contributed by atoms with van der Waals surface area (Å²) < 4.78 is 0. The van der Waals surface area contributed by atoms with Crippen LogP contribution in [-0.2, 0) is 0 Å². The highest BCUT2D eigenvalue weighted by Crippen LogP contribution is 2.31. The van der Waals surface area contributed by atoms with Crippen LogP contribution >= 0.6 is 0 Å². The number of nitro benzene ring substituents is 1. The van der Waals surface area contributed by atoms with E-state index in [4.69, 9.17) is 0 Å². The maximum absolute atomic E-state index is 10.8. The predicted molar refractivity (Wildman–Crippen MR) is 76.7 cm³/mol. The standard InChI is InChI=1S/C14H18N4O2/c1-16(2)10-13-4-3-7-17(13)14-6-5-12(18(19)20)8-11(14)9-15/h5-6,8,13H,3-4,7,10H2,1-2H3. The molecule has 1 aromatic rings. The minimum Gasteiger partial charge on any atom is -0.366 e. The summed E-state index contributed by atoms with van der Waals surface area (Å²) in [4.78, 5) is 14.6. The summed E-state index contributed by atoms with van der Waals surface area (Å²) in [6.07, 6.45) is 2.17. The molecule has 0 spiro atoms. The van der Waals surface area contributed by atoms with Gasteiger partial charge in [-0.3, -0.25) is 10.1 Å². The minimum absolute atomic E-state index is 0.0337. The molecule has 6 heteroatoms. The van der Waals surface area contributed by atoms with Crippen LogP contribution in [0.25, 0.3) is 0 Å². The van der Waals surface area contributed by atoms with Crippen LogP contribution in [0, 0.1) is 21.4 Å². The molecular weight excluding hydrogens is 256 g/mol. The van der Waals surface area contributed by atoms with Crippen molar-refractivity contribution in [3.05, 3.63) is 33.9 Å². The van der Waals surface area contributed by atoms with E-state index < -0.39 is 4.92 Å². The summed E-state index contributed by atoms with van der Waals surface area (Å²) in [5.41, 5.74) is 1.15. The Morgan fingerprint density at radius 1 is 1.55 bits per heavy atom. The zero-order chi connectivity index (χ0) is 14.7. The number of hydrogen-bond acceptors (Lipinski definition) is 5. The van der Waals surface area contributed by atoms with Crippen molar-refractivity contribution in [3.63, 3.8) is 0 Å². The molecular formula is C14H18N4O2. The molecule has 2 rings (SSSR count). The van der Waals surface area contributed by atoms with E-state index in [1.54, 1.807) is 6.07 Å². The van der Waals surface area contributed by atoms with Gasteiger partial charge in [-0.15, -0.1) is 0 Å². The molecule has 1 unspecified atom stereocenters. The van der Waals surface area contributed by atoms with E-state index in [1.807, 2.05) is 14.1 Å². The molecule has 6 nitrogen and oxygen atoms in total. The number of non-ortho nitro benzene ring substituents is 1. The van der Waals surface area contributed by atoms with Crippen LogP contribution in [0.2, 0.25) is 0 Å². The van der Waals surface area contributed by atoms with E-state index >= 15 is 0 Å². The van der Waals surface area contributed by atoms with Crippen LogP contribution in [0.3, 0.4) is 0 Å². The van der Waals surface area contributed by atoms with E-state index in [0.717, 1.165) is 31.6 Å². The second-order valence-electron chi connectivity index (χ2n) is 5.32. The van der Waals surface area contributed by atoms with Gasteiger partial charge in [0.2, 0.25) is 0 Å². The topological polar surface area (TPSA) is 73.4 Å². The highest BCUT2D eigenvalue weighted by molar-refractivity contribution is 5.64. The molecule has 106 valence electrons. The van der Waals surface area contributed by atoms with Crippen molar-refractivity contribution in [1.82, 2.24) is 4.90 Å². The highest BCUT2D eigenvalue weighted by atomic mass is 16.6. The molecule has 0 saturated carbocycles. The second-order valence-corrected chi connectivity index (χ2v) is 5.32. The van der Waals surface area contributed by atoms with Gasteiger partial charge >= 0.3 is 0 Å². The molecule has 0 radical (unpaired) electrons. The van der Waals surface area contributed by atoms with Crippen molar-refractivity contribution < 1.29 is 4.92 Å². The summed E-state index contributed by atoms with van der Waals surface area (Å²) in [5.74, 6) is 0. The lowest BCUT2D eigenvalue weighted by Crippen LogP contribution is -2.37. The van der Waals surface area contributed by atoms with Crippen molar-refractivity contribution in [2.45, 2.75) is 18.9 Å². The largest absolute Gasteiger partial charge is 0.366 e. The first-order chi connectivity index (χ1) is 9.52. The first kappa shape index (κ1) is 14.3. The SMILES string of the molecule is CN(C)CC1CCCN1c1ccc([N+](=O)[O-])cc1C#N. The Morgan fingerprint density at radius 3 is 2.90 bits per heavy atom. The Labute approximate surface area is 118 Å².